The van der Waals surface area contributed by atoms with Crippen LogP contribution in [-0.2, 0) is 4.79 Å². The molecule has 1 aliphatic rings. The predicted octanol–water partition coefficient (Wildman–Crippen LogP) is 1.56. The van der Waals surface area contributed by atoms with Crippen LogP contribution in [0, 0.1) is 5.92 Å². The number of likely N-dealkylation sites (tertiary alicyclic amines) is 1. The van der Waals surface area contributed by atoms with Gasteiger partial charge >= 0.3 is 0 Å². The normalized spacial score (nSPS) is 24.7. The molecule has 1 fully saturated rings. The molecule has 0 aliphatic carbocycles. The predicted molar refractivity (Wildman–Crippen MR) is 80.2 cm³/mol. The molecule has 1 amide bonds. The van der Waals surface area contributed by atoms with E-state index in [-0.39, 0.29) is 11.9 Å². The van der Waals surface area contributed by atoms with Crippen LogP contribution in [0.3, 0.4) is 0 Å². The number of piperidine rings is 1. The van der Waals surface area contributed by atoms with Crippen LogP contribution in [0.15, 0.2) is 0 Å². The van der Waals surface area contributed by atoms with Crippen molar-refractivity contribution in [2.45, 2.75) is 52.6 Å². The third kappa shape index (κ3) is 5.11. The van der Waals surface area contributed by atoms with Gasteiger partial charge in [0.25, 0.3) is 0 Å². The Morgan fingerprint density at radius 1 is 1.47 bits per heavy atom. The first-order valence-corrected chi connectivity index (χ1v) is 7.67. The quantitative estimate of drug-likeness (QED) is 0.795. The van der Waals surface area contributed by atoms with Crippen molar-refractivity contribution in [1.82, 2.24) is 15.1 Å². The summed E-state index contributed by atoms with van der Waals surface area (Å²) in [6.45, 7) is 12.3. The Hall–Kier alpha value is -0.610. The molecule has 2 atom stereocenters. The van der Waals surface area contributed by atoms with Crippen molar-refractivity contribution in [3.63, 3.8) is 0 Å². The van der Waals surface area contributed by atoms with Gasteiger partial charge in [-0.3, -0.25) is 9.69 Å². The summed E-state index contributed by atoms with van der Waals surface area (Å²) in [5.74, 6) is 0.861. The maximum Gasteiger partial charge on any atom is 0.236 e. The van der Waals surface area contributed by atoms with Gasteiger partial charge in [-0.2, -0.15) is 0 Å². The third-order valence-electron chi connectivity index (χ3n) is 4.17. The number of nitrogens with zero attached hydrogens (tertiary/aromatic N) is 2. The van der Waals surface area contributed by atoms with Crippen LogP contribution in [0.4, 0.5) is 0 Å². The second-order valence-corrected chi connectivity index (χ2v) is 6.16. The summed E-state index contributed by atoms with van der Waals surface area (Å²) >= 11 is 0. The van der Waals surface area contributed by atoms with Gasteiger partial charge in [-0.15, -0.1) is 0 Å². The fraction of sp³-hybridized carbons (Fsp3) is 0.933. The first-order chi connectivity index (χ1) is 8.95. The first kappa shape index (κ1) is 16.4. The smallest absolute Gasteiger partial charge is 0.236 e. The van der Waals surface area contributed by atoms with E-state index in [1.54, 1.807) is 0 Å². The van der Waals surface area contributed by atoms with Gasteiger partial charge in [-0.1, -0.05) is 13.8 Å². The molecule has 4 heteroatoms. The van der Waals surface area contributed by atoms with E-state index in [9.17, 15) is 4.79 Å². The van der Waals surface area contributed by atoms with Crippen LogP contribution >= 0.6 is 0 Å². The molecule has 1 saturated heterocycles. The number of carbonyl (C=O) groups excluding carboxylic acids is 1. The van der Waals surface area contributed by atoms with Crippen LogP contribution in [-0.4, -0.2) is 61.0 Å². The maximum absolute atomic E-state index is 12.1. The maximum atomic E-state index is 12.1. The Labute approximate surface area is 118 Å². The van der Waals surface area contributed by atoms with Gasteiger partial charge in [0.1, 0.15) is 0 Å². The number of rotatable bonds is 6. The van der Waals surface area contributed by atoms with E-state index in [4.69, 9.17) is 0 Å². The number of hydrogen-bond acceptors (Lipinski definition) is 3. The molecule has 0 saturated carbocycles. The minimum atomic E-state index is 0.238. The lowest BCUT2D eigenvalue weighted by atomic mass is 9.93. The second-order valence-electron chi connectivity index (χ2n) is 6.16. The third-order valence-corrected chi connectivity index (χ3v) is 4.17. The molecule has 0 spiro atoms. The van der Waals surface area contributed by atoms with Crippen molar-refractivity contribution in [2.24, 2.45) is 5.92 Å². The molecule has 0 aromatic rings. The molecule has 0 radical (unpaired) electrons. The highest BCUT2D eigenvalue weighted by Gasteiger charge is 2.27. The zero-order chi connectivity index (χ0) is 14.4. The largest absolute Gasteiger partial charge is 0.342 e. The molecule has 19 heavy (non-hydrogen) atoms. The van der Waals surface area contributed by atoms with Gasteiger partial charge in [0.15, 0.2) is 0 Å². The van der Waals surface area contributed by atoms with Crippen LogP contribution in [0.5, 0.6) is 0 Å². The summed E-state index contributed by atoms with van der Waals surface area (Å²) in [7, 11) is 1.89. The SMILES string of the molecule is CCCNC1CCN(CC(=O)N(C)C(C)C)CC1C. The Bertz CT molecular complexity index is 281. The van der Waals surface area contributed by atoms with Crippen molar-refractivity contribution in [1.29, 1.82) is 0 Å². The number of amides is 1. The summed E-state index contributed by atoms with van der Waals surface area (Å²) in [6.07, 6.45) is 2.34. The molecule has 2 unspecified atom stereocenters. The lowest BCUT2D eigenvalue weighted by Crippen LogP contribution is -2.51. The van der Waals surface area contributed by atoms with E-state index in [2.05, 4.69) is 37.9 Å². The van der Waals surface area contributed by atoms with Crippen molar-refractivity contribution >= 4 is 5.91 Å². The highest BCUT2D eigenvalue weighted by atomic mass is 16.2. The topological polar surface area (TPSA) is 35.6 Å². The van der Waals surface area contributed by atoms with Crippen LogP contribution in [0.1, 0.15) is 40.5 Å². The molecular weight excluding hydrogens is 238 g/mol. The van der Waals surface area contributed by atoms with Crippen molar-refractivity contribution in [2.75, 3.05) is 33.2 Å². The molecule has 1 N–H and O–H groups in total. The highest BCUT2D eigenvalue weighted by Crippen LogP contribution is 2.17. The molecule has 1 aliphatic heterocycles. The van der Waals surface area contributed by atoms with Gasteiger partial charge in [0.05, 0.1) is 6.54 Å². The number of carbonyl (C=O) groups is 1. The number of hydrogen-bond donors (Lipinski definition) is 1. The Balaban J connectivity index is 2.37. The monoisotopic (exact) mass is 269 g/mol. The summed E-state index contributed by atoms with van der Waals surface area (Å²) in [5, 5.41) is 3.61. The van der Waals surface area contributed by atoms with Crippen molar-refractivity contribution in [3.8, 4) is 0 Å². The van der Waals surface area contributed by atoms with E-state index >= 15 is 0 Å². The van der Waals surface area contributed by atoms with E-state index in [1.165, 1.54) is 6.42 Å². The van der Waals surface area contributed by atoms with Crippen molar-refractivity contribution in [3.05, 3.63) is 0 Å². The Kier molecular flexibility index (Phi) is 6.80. The summed E-state index contributed by atoms with van der Waals surface area (Å²) in [4.78, 5) is 16.2. The molecule has 0 aromatic heterocycles. The van der Waals surface area contributed by atoms with Crippen LogP contribution in [0.2, 0.25) is 0 Å². The lowest BCUT2D eigenvalue weighted by Gasteiger charge is -2.38. The molecule has 112 valence electrons. The Morgan fingerprint density at radius 3 is 2.68 bits per heavy atom. The summed E-state index contributed by atoms with van der Waals surface area (Å²) in [5.41, 5.74) is 0. The van der Waals surface area contributed by atoms with Gasteiger partial charge in [0, 0.05) is 32.2 Å². The highest BCUT2D eigenvalue weighted by molar-refractivity contribution is 5.78. The van der Waals surface area contributed by atoms with Gasteiger partial charge in [-0.25, -0.2) is 0 Å². The van der Waals surface area contributed by atoms with Gasteiger partial charge in [-0.05, 0) is 39.2 Å². The average molecular weight is 269 g/mol. The fourth-order valence-electron chi connectivity index (χ4n) is 2.60. The Morgan fingerprint density at radius 2 is 2.16 bits per heavy atom. The summed E-state index contributed by atoms with van der Waals surface area (Å²) in [6, 6.07) is 0.905. The van der Waals surface area contributed by atoms with Crippen LogP contribution < -0.4 is 5.32 Å². The molecule has 0 bridgehead atoms. The van der Waals surface area contributed by atoms with E-state index in [1.807, 2.05) is 11.9 Å². The van der Waals surface area contributed by atoms with E-state index < -0.39 is 0 Å². The van der Waals surface area contributed by atoms with Gasteiger partial charge in [0.2, 0.25) is 5.91 Å². The average Bonchev–Trinajstić information content (AvgIpc) is 2.36. The molecular formula is C15H31N3O. The zero-order valence-electron chi connectivity index (χ0n) is 13.3. The first-order valence-electron chi connectivity index (χ1n) is 7.67. The van der Waals surface area contributed by atoms with Crippen molar-refractivity contribution < 1.29 is 4.79 Å². The number of nitrogens with one attached hydrogen (secondary N) is 1. The second kappa shape index (κ2) is 7.85. The molecule has 1 heterocycles. The molecule has 4 nitrogen and oxygen atoms in total. The van der Waals surface area contributed by atoms with E-state index in [0.29, 0.717) is 18.5 Å². The number of likely N-dealkylation sites (N-methyl/N-ethyl adjacent to an activating group) is 1. The zero-order valence-corrected chi connectivity index (χ0v) is 13.3. The van der Waals surface area contributed by atoms with E-state index in [0.717, 1.165) is 26.1 Å². The standard InChI is InChI=1S/C15H31N3O/c1-6-8-16-14-7-9-18(10-13(14)4)11-15(19)17(5)12(2)3/h12-14,16H,6-11H2,1-5H3. The van der Waals surface area contributed by atoms with Gasteiger partial charge < -0.3 is 10.2 Å². The minimum Gasteiger partial charge on any atom is -0.342 e. The minimum absolute atomic E-state index is 0.238. The van der Waals surface area contributed by atoms with Crippen LogP contribution in [0.25, 0.3) is 0 Å². The molecule has 0 aromatic carbocycles. The summed E-state index contributed by atoms with van der Waals surface area (Å²) < 4.78 is 0. The molecule has 1 rings (SSSR count). The lowest BCUT2D eigenvalue weighted by molar-refractivity contribution is -0.133. The fourth-order valence-corrected chi connectivity index (χ4v) is 2.60.